The van der Waals surface area contributed by atoms with E-state index in [4.69, 9.17) is 0 Å². The Morgan fingerprint density at radius 1 is 0.711 bits per heavy atom. The Morgan fingerprint density at radius 2 is 1.21 bits per heavy atom. The maximum absolute atomic E-state index is 13.1. The third-order valence-electron chi connectivity index (χ3n) is 7.73. The second-order valence-electron chi connectivity index (χ2n) is 10.9. The van der Waals surface area contributed by atoms with Crippen LogP contribution in [0.15, 0.2) is 60.2 Å². The van der Waals surface area contributed by atoms with Gasteiger partial charge in [-0.05, 0) is 18.9 Å². The summed E-state index contributed by atoms with van der Waals surface area (Å²) in [5.74, 6) is -1.21. The number of aliphatic hydroxyl groups is 1. The smallest absolute Gasteiger partial charge is 0.295 e. The number of unbranched alkanes of at least 4 members (excludes halogenated alkanes) is 13. The zero-order valence-electron chi connectivity index (χ0n) is 23.6. The average Bonchev–Trinajstić information content (AvgIpc) is 3.18. The summed E-state index contributed by atoms with van der Waals surface area (Å²) in [4.78, 5) is 27.9. The highest BCUT2D eigenvalue weighted by atomic mass is 16.3. The summed E-state index contributed by atoms with van der Waals surface area (Å²) in [5.41, 5.74) is 2.72. The molecule has 0 radical (unpaired) electrons. The number of carbonyl (C=O) groups is 2. The van der Waals surface area contributed by atoms with Crippen LogP contribution in [0.25, 0.3) is 5.76 Å². The largest absolute Gasteiger partial charge is 0.507 e. The van der Waals surface area contributed by atoms with Crippen LogP contribution in [0.2, 0.25) is 0 Å². The van der Waals surface area contributed by atoms with Crippen LogP contribution >= 0.6 is 0 Å². The fraction of sp³-hybridized carbons (Fsp3) is 0.529. The fourth-order valence-corrected chi connectivity index (χ4v) is 5.43. The number of carbonyl (C=O) groups excluding carboxylic acids is 2. The van der Waals surface area contributed by atoms with Crippen molar-refractivity contribution >= 4 is 17.4 Å². The predicted octanol–water partition coefficient (Wildman–Crippen LogP) is 8.90. The molecule has 206 valence electrons. The summed E-state index contributed by atoms with van der Waals surface area (Å²) in [5, 5.41) is 11.1. The molecule has 1 aliphatic rings. The molecule has 1 amide bonds. The zero-order valence-corrected chi connectivity index (χ0v) is 23.6. The first-order chi connectivity index (χ1) is 18.5. The van der Waals surface area contributed by atoms with Crippen molar-refractivity contribution < 1.29 is 14.7 Å². The predicted molar refractivity (Wildman–Crippen MR) is 157 cm³/mol. The van der Waals surface area contributed by atoms with Gasteiger partial charge in [0.1, 0.15) is 5.76 Å². The third-order valence-corrected chi connectivity index (χ3v) is 7.73. The van der Waals surface area contributed by atoms with E-state index in [2.05, 4.69) is 6.92 Å². The molecule has 0 aliphatic carbocycles. The van der Waals surface area contributed by atoms with E-state index in [1.807, 2.05) is 49.4 Å². The molecular weight excluding hydrogens is 470 g/mol. The van der Waals surface area contributed by atoms with E-state index in [1.165, 1.54) is 70.6 Å². The molecule has 1 aliphatic heterocycles. The van der Waals surface area contributed by atoms with Crippen LogP contribution in [0.1, 0.15) is 120 Å². The number of aryl methyl sites for hydroxylation is 1. The summed E-state index contributed by atoms with van der Waals surface area (Å²) in [6, 6.07) is 16.4. The number of rotatable bonds is 17. The monoisotopic (exact) mass is 517 g/mol. The summed E-state index contributed by atoms with van der Waals surface area (Å²) in [7, 11) is 0. The lowest BCUT2D eigenvalue weighted by atomic mass is 9.94. The van der Waals surface area contributed by atoms with E-state index in [9.17, 15) is 14.7 Å². The van der Waals surface area contributed by atoms with E-state index < -0.39 is 17.7 Å². The second-order valence-corrected chi connectivity index (χ2v) is 10.9. The minimum atomic E-state index is -0.595. The Labute approximate surface area is 230 Å². The van der Waals surface area contributed by atoms with Gasteiger partial charge in [0, 0.05) is 12.1 Å². The first-order valence-electron chi connectivity index (χ1n) is 14.9. The molecule has 1 atom stereocenters. The second kappa shape index (κ2) is 16.2. The average molecular weight is 518 g/mol. The van der Waals surface area contributed by atoms with Crippen molar-refractivity contribution in [1.82, 2.24) is 4.90 Å². The molecule has 4 nitrogen and oxygen atoms in total. The molecule has 1 N–H and O–H groups in total. The van der Waals surface area contributed by atoms with Gasteiger partial charge in [0.2, 0.25) is 0 Å². The van der Waals surface area contributed by atoms with Gasteiger partial charge in [-0.3, -0.25) is 9.59 Å². The number of Topliss-reactive ketones (excluding diaryl/α,β-unsaturated/α-hetero) is 1. The van der Waals surface area contributed by atoms with Crippen LogP contribution in [0.4, 0.5) is 0 Å². The van der Waals surface area contributed by atoms with E-state index in [0.717, 1.165) is 30.4 Å². The van der Waals surface area contributed by atoms with Gasteiger partial charge in [-0.1, -0.05) is 151 Å². The number of likely N-dealkylation sites (tertiary alicyclic amines) is 1. The molecule has 38 heavy (non-hydrogen) atoms. The van der Waals surface area contributed by atoms with Crippen molar-refractivity contribution in [2.75, 3.05) is 6.54 Å². The number of nitrogens with zero attached hydrogens (tertiary/aromatic N) is 1. The number of hydrogen-bond acceptors (Lipinski definition) is 3. The van der Waals surface area contributed by atoms with Crippen LogP contribution in [-0.2, 0) is 9.59 Å². The van der Waals surface area contributed by atoms with E-state index in [-0.39, 0.29) is 11.3 Å². The zero-order chi connectivity index (χ0) is 27.2. The molecule has 2 aromatic carbocycles. The molecule has 1 saturated heterocycles. The number of amides is 1. The quantitative estimate of drug-likeness (QED) is 0.0986. The standard InChI is InChI=1S/C34H47NO3/c1-3-4-5-6-7-8-9-10-11-12-13-14-15-19-26-35-31(28-24-22-27(2)23-25-28)30(33(37)34(35)38)32(36)29-20-17-16-18-21-29/h16-18,20-25,31,36H,3-15,19,26H2,1-2H3/b32-30+. The lowest BCUT2D eigenvalue weighted by Crippen LogP contribution is -2.30. The maximum Gasteiger partial charge on any atom is 0.295 e. The van der Waals surface area contributed by atoms with Crippen LogP contribution in [0.5, 0.6) is 0 Å². The van der Waals surface area contributed by atoms with Gasteiger partial charge in [-0.15, -0.1) is 0 Å². The maximum atomic E-state index is 13.1. The molecule has 0 spiro atoms. The molecular formula is C34H47NO3. The van der Waals surface area contributed by atoms with Crippen molar-refractivity contribution in [3.05, 3.63) is 76.9 Å². The van der Waals surface area contributed by atoms with Gasteiger partial charge in [0.05, 0.1) is 11.6 Å². The molecule has 1 fully saturated rings. The Balaban J connectivity index is 1.50. The van der Waals surface area contributed by atoms with Crippen molar-refractivity contribution in [1.29, 1.82) is 0 Å². The SMILES string of the molecule is CCCCCCCCCCCCCCCCN1C(=O)C(=O)/C(=C(/O)c2ccccc2)C1c1ccc(C)cc1. The van der Waals surface area contributed by atoms with Gasteiger partial charge in [-0.25, -0.2) is 0 Å². The Kier molecular flexibility index (Phi) is 12.6. The lowest BCUT2D eigenvalue weighted by Gasteiger charge is -2.25. The van der Waals surface area contributed by atoms with E-state index in [1.54, 1.807) is 17.0 Å². The summed E-state index contributed by atoms with van der Waals surface area (Å²) in [6.45, 7) is 4.80. The van der Waals surface area contributed by atoms with Crippen molar-refractivity contribution in [3.8, 4) is 0 Å². The summed E-state index contributed by atoms with van der Waals surface area (Å²) in [6.07, 6.45) is 17.8. The Morgan fingerprint density at radius 3 is 1.74 bits per heavy atom. The molecule has 0 saturated carbocycles. The highest BCUT2D eigenvalue weighted by molar-refractivity contribution is 6.46. The van der Waals surface area contributed by atoms with Crippen LogP contribution in [-0.4, -0.2) is 28.2 Å². The van der Waals surface area contributed by atoms with Crippen LogP contribution < -0.4 is 0 Å². The number of hydrogen-bond donors (Lipinski definition) is 1. The highest BCUT2D eigenvalue weighted by Crippen LogP contribution is 2.39. The summed E-state index contributed by atoms with van der Waals surface area (Å²) >= 11 is 0. The van der Waals surface area contributed by atoms with E-state index in [0.29, 0.717) is 12.1 Å². The van der Waals surface area contributed by atoms with Crippen molar-refractivity contribution in [2.24, 2.45) is 0 Å². The van der Waals surface area contributed by atoms with Gasteiger partial charge < -0.3 is 10.0 Å². The van der Waals surface area contributed by atoms with Gasteiger partial charge in [0.25, 0.3) is 11.7 Å². The van der Waals surface area contributed by atoms with Gasteiger partial charge in [0.15, 0.2) is 0 Å². The molecule has 4 heteroatoms. The fourth-order valence-electron chi connectivity index (χ4n) is 5.43. The molecule has 2 aromatic rings. The molecule has 1 unspecified atom stereocenters. The molecule has 0 bridgehead atoms. The van der Waals surface area contributed by atoms with Gasteiger partial charge in [-0.2, -0.15) is 0 Å². The van der Waals surface area contributed by atoms with E-state index >= 15 is 0 Å². The minimum absolute atomic E-state index is 0.0991. The Bertz CT molecular complexity index is 1030. The van der Waals surface area contributed by atoms with Crippen molar-refractivity contribution in [3.63, 3.8) is 0 Å². The molecule has 0 aromatic heterocycles. The minimum Gasteiger partial charge on any atom is -0.507 e. The van der Waals surface area contributed by atoms with Gasteiger partial charge >= 0.3 is 0 Å². The Hall–Kier alpha value is -2.88. The van der Waals surface area contributed by atoms with Crippen LogP contribution in [0, 0.1) is 6.92 Å². The van der Waals surface area contributed by atoms with Crippen molar-refractivity contribution in [2.45, 2.75) is 110 Å². The summed E-state index contributed by atoms with van der Waals surface area (Å²) < 4.78 is 0. The topological polar surface area (TPSA) is 57.6 Å². The number of aliphatic hydroxyl groups excluding tert-OH is 1. The molecule has 3 rings (SSSR count). The lowest BCUT2D eigenvalue weighted by molar-refractivity contribution is -0.139. The number of benzene rings is 2. The third kappa shape index (κ3) is 8.58. The number of ketones is 1. The molecule has 1 heterocycles. The van der Waals surface area contributed by atoms with Crippen LogP contribution in [0.3, 0.4) is 0 Å². The first-order valence-corrected chi connectivity index (χ1v) is 14.9. The first kappa shape index (κ1) is 29.7. The normalized spacial score (nSPS) is 16.9. The highest BCUT2D eigenvalue weighted by Gasteiger charge is 2.45.